The van der Waals surface area contributed by atoms with Gasteiger partial charge in [-0.2, -0.15) is 0 Å². The normalized spacial score (nSPS) is 17.1. The highest BCUT2D eigenvalue weighted by molar-refractivity contribution is 6.27. The molecule has 1 N–H and O–H groups in total. The molecule has 0 unspecified atom stereocenters. The second-order valence-electron chi connectivity index (χ2n) is 7.36. The molecule has 132 valence electrons. The number of fused-ring (bicyclic) bond motifs is 6. The molecule has 1 aliphatic heterocycles. The van der Waals surface area contributed by atoms with E-state index in [2.05, 4.69) is 59.9 Å². The lowest BCUT2D eigenvalue weighted by molar-refractivity contribution is 0.103. The molecule has 0 saturated carbocycles. The van der Waals surface area contributed by atoms with Gasteiger partial charge in [0.2, 0.25) is 0 Å². The first kappa shape index (κ1) is 15.4. The molecule has 4 aromatic carbocycles. The molecule has 0 aromatic heterocycles. The van der Waals surface area contributed by atoms with E-state index in [-0.39, 0.29) is 11.8 Å². The zero-order valence-corrected chi connectivity index (χ0v) is 15.1. The molecule has 6 rings (SSSR count). The third-order valence-corrected chi connectivity index (χ3v) is 5.86. The molecule has 0 radical (unpaired) electrons. The van der Waals surface area contributed by atoms with E-state index in [1.54, 1.807) is 0 Å². The summed E-state index contributed by atoms with van der Waals surface area (Å²) in [5, 5.41) is 6.03. The summed E-state index contributed by atoms with van der Waals surface area (Å²) in [6.07, 6.45) is 0. The van der Waals surface area contributed by atoms with Gasteiger partial charge in [-0.25, -0.2) is 0 Å². The first-order valence-electron chi connectivity index (χ1n) is 9.55. The van der Waals surface area contributed by atoms with Crippen LogP contribution in [0.15, 0.2) is 96.6 Å². The Morgan fingerprint density at radius 2 is 1.39 bits per heavy atom. The maximum absolute atomic E-state index is 13.5. The van der Waals surface area contributed by atoms with Crippen LogP contribution in [-0.4, -0.2) is 5.78 Å². The first-order chi connectivity index (χ1) is 13.8. The number of nitrogens with one attached hydrogen (secondary N) is 1. The number of ketones is 1. The van der Waals surface area contributed by atoms with Crippen LogP contribution >= 0.6 is 0 Å². The highest BCUT2D eigenvalue weighted by Gasteiger charge is 2.39. The lowest BCUT2D eigenvalue weighted by Gasteiger charge is -2.30. The van der Waals surface area contributed by atoms with Gasteiger partial charge < -0.3 is 5.32 Å². The summed E-state index contributed by atoms with van der Waals surface area (Å²) < 4.78 is 0. The van der Waals surface area contributed by atoms with Crippen molar-refractivity contribution in [2.45, 2.75) is 6.04 Å². The minimum absolute atomic E-state index is 0.130. The van der Waals surface area contributed by atoms with Crippen LogP contribution in [0.25, 0.3) is 16.3 Å². The Hall–Kier alpha value is -3.65. The lowest BCUT2D eigenvalue weighted by atomic mass is 9.84. The average molecular weight is 359 g/mol. The van der Waals surface area contributed by atoms with Gasteiger partial charge in [-0.15, -0.1) is 0 Å². The van der Waals surface area contributed by atoms with Gasteiger partial charge in [0.05, 0.1) is 6.04 Å². The van der Waals surface area contributed by atoms with E-state index in [0.717, 1.165) is 39.1 Å². The van der Waals surface area contributed by atoms with E-state index in [9.17, 15) is 4.79 Å². The largest absolute Gasteiger partial charge is 0.373 e. The lowest BCUT2D eigenvalue weighted by Crippen LogP contribution is -2.22. The summed E-state index contributed by atoms with van der Waals surface area (Å²) in [7, 11) is 0. The van der Waals surface area contributed by atoms with Crippen molar-refractivity contribution in [1.29, 1.82) is 0 Å². The molecule has 4 aromatic rings. The maximum Gasteiger partial charge on any atom is 0.192 e. The van der Waals surface area contributed by atoms with E-state index in [4.69, 9.17) is 0 Å². The predicted octanol–water partition coefficient (Wildman–Crippen LogP) is 6.00. The quantitative estimate of drug-likeness (QED) is 0.451. The van der Waals surface area contributed by atoms with E-state index in [0.29, 0.717) is 0 Å². The van der Waals surface area contributed by atoms with Crippen molar-refractivity contribution in [3.8, 4) is 0 Å². The SMILES string of the molecule is O=C1C2=C(c3ccccc31)c1c(ccc3ccccc13)N[C@H]2c1ccccc1. The average Bonchev–Trinajstić information content (AvgIpc) is 3.07. The summed E-state index contributed by atoms with van der Waals surface area (Å²) >= 11 is 0. The van der Waals surface area contributed by atoms with Crippen molar-refractivity contribution >= 4 is 27.8 Å². The van der Waals surface area contributed by atoms with Crippen molar-refractivity contribution in [2.75, 3.05) is 5.32 Å². The van der Waals surface area contributed by atoms with Gasteiger partial charge in [0.1, 0.15) is 0 Å². The molecule has 2 heteroatoms. The van der Waals surface area contributed by atoms with Gasteiger partial charge in [-0.3, -0.25) is 4.79 Å². The van der Waals surface area contributed by atoms with Crippen molar-refractivity contribution in [3.63, 3.8) is 0 Å². The van der Waals surface area contributed by atoms with Crippen molar-refractivity contribution < 1.29 is 4.79 Å². The van der Waals surface area contributed by atoms with E-state index in [1.807, 2.05) is 36.4 Å². The number of hydrogen-bond donors (Lipinski definition) is 1. The van der Waals surface area contributed by atoms with Gasteiger partial charge in [0.15, 0.2) is 5.78 Å². The molecular weight excluding hydrogens is 342 g/mol. The molecule has 28 heavy (non-hydrogen) atoms. The molecule has 1 aliphatic carbocycles. The molecule has 0 fully saturated rings. The molecule has 2 aliphatic rings. The Morgan fingerprint density at radius 1 is 0.679 bits per heavy atom. The summed E-state index contributed by atoms with van der Waals surface area (Å²) in [5.41, 5.74) is 7.11. The molecule has 1 heterocycles. The maximum atomic E-state index is 13.5. The van der Waals surface area contributed by atoms with Crippen LogP contribution in [0, 0.1) is 0 Å². The molecule has 0 bridgehead atoms. The third kappa shape index (κ3) is 2.00. The summed E-state index contributed by atoms with van der Waals surface area (Å²) in [6.45, 7) is 0. The number of hydrogen-bond acceptors (Lipinski definition) is 2. The molecule has 0 amide bonds. The highest BCUT2D eigenvalue weighted by Crippen LogP contribution is 2.51. The fourth-order valence-corrected chi connectivity index (χ4v) is 4.63. The van der Waals surface area contributed by atoms with E-state index < -0.39 is 0 Å². The van der Waals surface area contributed by atoms with E-state index >= 15 is 0 Å². The number of carbonyl (C=O) groups excluding carboxylic acids is 1. The summed E-state index contributed by atoms with van der Waals surface area (Å²) in [4.78, 5) is 13.5. The number of rotatable bonds is 1. The molecular formula is C26H17NO. The van der Waals surface area contributed by atoms with Crippen LogP contribution in [0.2, 0.25) is 0 Å². The predicted molar refractivity (Wildman–Crippen MR) is 114 cm³/mol. The molecule has 0 saturated heterocycles. The molecule has 2 nitrogen and oxygen atoms in total. The molecule has 1 atom stereocenters. The monoisotopic (exact) mass is 359 g/mol. The third-order valence-electron chi connectivity index (χ3n) is 5.86. The molecule has 0 spiro atoms. The first-order valence-corrected chi connectivity index (χ1v) is 9.55. The van der Waals surface area contributed by atoms with Gasteiger partial charge in [-0.1, -0.05) is 84.9 Å². The Morgan fingerprint density at radius 3 is 2.25 bits per heavy atom. The minimum Gasteiger partial charge on any atom is -0.373 e. The zero-order chi connectivity index (χ0) is 18.7. The van der Waals surface area contributed by atoms with Crippen LogP contribution in [0.3, 0.4) is 0 Å². The second kappa shape index (κ2) is 5.67. The number of carbonyl (C=O) groups is 1. The Bertz CT molecular complexity index is 1300. The van der Waals surface area contributed by atoms with E-state index in [1.165, 1.54) is 10.8 Å². The van der Waals surface area contributed by atoms with Crippen LogP contribution in [0.5, 0.6) is 0 Å². The Labute approximate surface area is 163 Å². The zero-order valence-electron chi connectivity index (χ0n) is 15.1. The van der Waals surface area contributed by atoms with Gasteiger partial charge in [-0.05, 0) is 28.0 Å². The number of benzene rings is 4. The standard InChI is InChI=1S/C26H17NO/c28-26-20-13-7-6-12-19(20)23-22-18-11-5-4-8-16(18)14-15-21(22)27-25(24(23)26)17-9-2-1-3-10-17/h1-15,25,27H/t25-/m0/s1. The van der Waals surface area contributed by atoms with Gasteiger partial charge >= 0.3 is 0 Å². The summed E-state index contributed by atoms with van der Waals surface area (Å²) in [5.74, 6) is 0.130. The van der Waals surface area contributed by atoms with Crippen LogP contribution in [-0.2, 0) is 0 Å². The van der Waals surface area contributed by atoms with Gasteiger partial charge in [0.25, 0.3) is 0 Å². The fourth-order valence-electron chi connectivity index (χ4n) is 4.63. The second-order valence-corrected chi connectivity index (χ2v) is 7.36. The van der Waals surface area contributed by atoms with Gasteiger partial charge in [0, 0.05) is 28.0 Å². The summed E-state index contributed by atoms with van der Waals surface area (Å²) in [6, 6.07) is 30.8. The minimum atomic E-state index is -0.148. The van der Waals surface area contributed by atoms with Crippen molar-refractivity contribution in [3.05, 3.63) is 119 Å². The Kier molecular flexibility index (Phi) is 3.12. The van der Waals surface area contributed by atoms with Crippen LogP contribution in [0.4, 0.5) is 5.69 Å². The van der Waals surface area contributed by atoms with Crippen molar-refractivity contribution in [2.24, 2.45) is 0 Å². The smallest absolute Gasteiger partial charge is 0.192 e. The topological polar surface area (TPSA) is 29.1 Å². The van der Waals surface area contributed by atoms with Crippen LogP contribution < -0.4 is 5.32 Å². The van der Waals surface area contributed by atoms with Crippen molar-refractivity contribution in [1.82, 2.24) is 0 Å². The number of Topliss-reactive ketones (excluding diaryl/α,β-unsaturated/α-hetero) is 1. The van der Waals surface area contributed by atoms with Crippen LogP contribution in [0.1, 0.15) is 33.1 Å². The Balaban J connectivity index is 1.73. The number of anilines is 1. The highest BCUT2D eigenvalue weighted by atomic mass is 16.1. The fraction of sp³-hybridized carbons (Fsp3) is 0.0385.